The lowest BCUT2D eigenvalue weighted by atomic mass is 10.0. The average Bonchev–Trinajstić information content (AvgIpc) is 3.78. The average molecular weight is 1080 g/mol. The van der Waals surface area contributed by atoms with E-state index in [1.165, 1.54) is 38.1 Å². The molecule has 1 saturated heterocycles. The SMILES string of the molecule is C[C@@H](O)[C@H](NC(=O)[C@H]1CSSC[C@H](NC(=O)[C@H](N)Cc2ccccc2)C(=O)N[C@@H](Cc2ccc(O)cc2)C(=O)N[C@@H](Cc2c[nH]c3ccccc23)C(=O)N[C@@H](CCCN=C(N)N)C(=O)N[C@H]([C@@H](C)O)C(=O)N1)C(N)=O. The van der Waals surface area contributed by atoms with E-state index in [-0.39, 0.29) is 61.9 Å². The third-order valence-electron chi connectivity index (χ3n) is 11.9. The number of carbonyl (C=O) groups excluding carboxylic acids is 8. The van der Waals surface area contributed by atoms with Gasteiger partial charge in [-0.3, -0.25) is 43.3 Å². The largest absolute Gasteiger partial charge is 0.508 e. The minimum Gasteiger partial charge on any atom is -0.508 e. The maximum Gasteiger partial charge on any atom is 0.245 e. The van der Waals surface area contributed by atoms with Crippen LogP contribution >= 0.6 is 21.6 Å². The number of aromatic amines is 1. The lowest BCUT2D eigenvalue weighted by Crippen LogP contribution is -2.62. The van der Waals surface area contributed by atoms with Crippen LogP contribution in [0.5, 0.6) is 5.75 Å². The zero-order valence-electron chi connectivity index (χ0n) is 41.2. The molecule has 19 N–H and O–H groups in total. The molecular weight excluding hydrogens is 1010 g/mol. The first kappa shape index (κ1) is 58.5. The molecule has 404 valence electrons. The Bertz CT molecular complexity index is 2650. The standard InChI is InChI=1S/C49H65N13O11S2/c1-25(63)39(41(51)66)61-47(72)38-24-75-74-23-37(59-42(67)32(50)19-27-9-4-3-5-10-27)46(71)57-35(20-28-14-16-30(65)17-15-28)44(69)58-36(21-29-22-55-33-12-7-6-11-31(29)33)45(70)56-34(13-8-18-54-49(52)53)43(68)62-40(26(2)64)48(73)60-38/h3-7,9-12,14-17,22,25-26,32,34-40,55,63-65H,8,13,18-21,23-24,50H2,1-2H3,(H2,51,66)(H,56,70)(H,57,71)(H,58,69)(H,59,67)(H,60,73)(H,61,72)(H,62,68)(H4,52,53,54)/t25-,26-,32-,34+,35+,36+,37+,38-,39+,40-/m1/s1. The molecule has 0 spiro atoms. The van der Waals surface area contributed by atoms with Gasteiger partial charge in [-0.05, 0) is 68.0 Å². The third-order valence-corrected chi connectivity index (χ3v) is 14.3. The molecule has 0 unspecified atom stereocenters. The minimum absolute atomic E-state index is 0.00206. The van der Waals surface area contributed by atoms with Gasteiger partial charge in [0.1, 0.15) is 48.0 Å². The van der Waals surface area contributed by atoms with E-state index in [1.807, 2.05) is 6.07 Å². The summed E-state index contributed by atoms with van der Waals surface area (Å²) in [5.74, 6) is -8.39. The molecular formula is C49H65N13O11S2. The number of primary amides is 1. The normalized spacial score (nSPS) is 22.1. The predicted octanol–water partition coefficient (Wildman–Crippen LogP) is -2.68. The number of fused-ring (bicyclic) bond motifs is 1. The van der Waals surface area contributed by atoms with E-state index in [0.29, 0.717) is 22.0 Å². The molecule has 26 heteroatoms. The van der Waals surface area contributed by atoms with Crippen molar-refractivity contribution in [3.63, 3.8) is 0 Å². The number of carbonyl (C=O) groups is 8. The molecule has 24 nitrogen and oxygen atoms in total. The molecule has 75 heavy (non-hydrogen) atoms. The number of nitrogens with two attached hydrogens (primary N) is 4. The van der Waals surface area contributed by atoms with Gasteiger partial charge in [-0.15, -0.1) is 0 Å². The topological polar surface area (TPSA) is 414 Å². The minimum atomic E-state index is -1.78. The molecule has 1 aliphatic heterocycles. The predicted molar refractivity (Wildman–Crippen MR) is 283 cm³/mol. The fraction of sp³-hybridized carbons (Fsp3) is 0.408. The highest BCUT2D eigenvalue weighted by atomic mass is 33.1. The summed E-state index contributed by atoms with van der Waals surface area (Å²) in [6.07, 6.45) is -1.76. The summed E-state index contributed by atoms with van der Waals surface area (Å²) in [6, 6.07) is 9.98. The second-order valence-corrected chi connectivity index (χ2v) is 20.5. The van der Waals surface area contributed by atoms with Gasteiger partial charge in [-0.25, -0.2) is 0 Å². The van der Waals surface area contributed by atoms with Gasteiger partial charge in [0.2, 0.25) is 47.3 Å². The van der Waals surface area contributed by atoms with Gasteiger partial charge in [0.05, 0.1) is 18.2 Å². The number of aliphatic imine (C=N–C) groups is 1. The van der Waals surface area contributed by atoms with Crippen molar-refractivity contribution in [2.24, 2.45) is 27.9 Å². The Morgan fingerprint density at radius 1 is 0.733 bits per heavy atom. The number of phenols is 1. The number of para-hydroxylation sites is 1. The fourth-order valence-corrected chi connectivity index (χ4v) is 10.2. The number of hydrogen-bond donors (Lipinski definition) is 15. The highest BCUT2D eigenvalue weighted by molar-refractivity contribution is 8.76. The van der Waals surface area contributed by atoms with Gasteiger partial charge >= 0.3 is 0 Å². The van der Waals surface area contributed by atoms with Crippen LogP contribution in [-0.4, -0.2) is 152 Å². The number of nitrogens with zero attached hydrogens (tertiary/aromatic N) is 1. The van der Waals surface area contributed by atoms with Gasteiger partial charge in [0.25, 0.3) is 0 Å². The smallest absolute Gasteiger partial charge is 0.245 e. The highest BCUT2D eigenvalue weighted by Gasteiger charge is 2.37. The summed E-state index contributed by atoms with van der Waals surface area (Å²) in [5, 5.41) is 50.1. The number of phenolic OH excluding ortho intramolecular Hbond substituents is 1. The molecule has 0 saturated carbocycles. The summed E-state index contributed by atoms with van der Waals surface area (Å²) < 4.78 is 0. The molecule has 8 amide bonds. The van der Waals surface area contributed by atoms with Crippen LogP contribution in [0, 0.1) is 0 Å². The van der Waals surface area contributed by atoms with Gasteiger partial charge in [0, 0.05) is 48.0 Å². The van der Waals surface area contributed by atoms with Gasteiger partial charge in [0.15, 0.2) is 5.96 Å². The number of nitrogens with one attached hydrogen (secondary N) is 8. The van der Waals surface area contributed by atoms with Crippen molar-refractivity contribution in [1.82, 2.24) is 42.2 Å². The van der Waals surface area contributed by atoms with Crippen molar-refractivity contribution in [3.05, 3.63) is 102 Å². The van der Waals surface area contributed by atoms with Crippen molar-refractivity contribution < 1.29 is 53.7 Å². The Morgan fingerprint density at radius 3 is 2.00 bits per heavy atom. The van der Waals surface area contributed by atoms with Gasteiger partial charge in [-0.2, -0.15) is 0 Å². The van der Waals surface area contributed by atoms with Crippen LogP contribution in [0.25, 0.3) is 10.9 Å². The molecule has 1 aliphatic rings. The van der Waals surface area contributed by atoms with E-state index in [4.69, 9.17) is 22.9 Å². The van der Waals surface area contributed by atoms with E-state index in [0.717, 1.165) is 27.2 Å². The van der Waals surface area contributed by atoms with E-state index >= 15 is 0 Å². The first-order valence-electron chi connectivity index (χ1n) is 23.9. The number of benzene rings is 3. The quantitative estimate of drug-likeness (QED) is 0.0222. The van der Waals surface area contributed by atoms with Crippen LogP contribution in [-0.2, 0) is 57.6 Å². The first-order valence-corrected chi connectivity index (χ1v) is 26.4. The molecule has 0 radical (unpaired) electrons. The maximum absolute atomic E-state index is 14.8. The highest BCUT2D eigenvalue weighted by Crippen LogP contribution is 2.25. The Balaban J connectivity index is 1.59. The summed E-state index contributed by atoms with van der Waals surface area (Å²) in [4.78, 5) is 119. The van der Waals surface area contributed by atoms with E-state index in [9.17, 15) is 53.7 Å². The molecule has 0 aliphatic carbocycles. The van der Waals surface area contributed by atoms with Crippen LogP contribution in [0.4, 0.5) is 0 Å². The summed E-state index contributed by atoms with van der Waals surface area (Å²) >= 11 is 0. The van der Waals surface area contributed by atoms with Crippen LogP contribution in [0.2, 0.25) is 0 Å². The second-order valence-electron chi connectivity index (χ2n) is 17.9. The first-order chi connectivity index (χ1) is 35.7. The van der Waals surface area contributed by atoms with Crippen molar-refractivity contribution in [3.8, 4) is 5.75 Å². The van der Waals surface area contributed by atoms with Crippen molar-refractivity contribution in [2.75, 3.05) is 18.1 Å². The molecule has 0 bridgehead atoms. The van der Waals surface area contributed by atoms with Crippen LogP contribution in [0.1, 0.15) is 43.4 Å². The Morgan fingerprint density at radius 2 is 1.35 bits per heavy atom. The van der Waals surface area contributed by atoms with Crippen molar-refractivity contribution in [1.29, 1.82) is 0 Å². The third kappa shape index (κ3) is 17.9. The van der Waals surface area contributed by atoms with Crippen LogP contribution in [0.3, 0.4) is 0 Å². The summed E-state index contributed by atoms with van der Waals surface area (Å²) in [5.41, 5.74) is 25.4. The van der Waals surface area contributed by atoms with E-state index < -0.39 is 108 Å². The molecule has 4 aromatic rings. The fourth-order valence-electron chi connectivity index (χ4n) is 7.84. The monoisotopic (exact) mass is 1080 g/mol. The molecule has 2 heterocycles. The molecule has 10 atom stereocenters. The number of H-pyrrole nitrogens is 1. The maximum atomic E-state index is 14.8. The molecule has 1 aromatic heterocycles. The zero-order chi connectivity index (χ0) is 54.8. The van der Waals surface area contributed by atoms with E-state index in [2.05, 4.69) is 47.2 Å². The van der Waals surface area contributed by atoms with Gasteiger partial charge < -0.3 is 80.5 Å². The number of aromatic hydroxyl groups is 1. The number of rotatable bonds is 17. The molecule has 3 aromatic carbocycles. The Hall–Kier alpha value is -7.39. The Kier molecular flexibility index (Phi) is 22.1. The number of aliphatic hydroxyl groups excluding tert-OH is 2. The van der Waals surface area contributed by atoms with Crippen LogP contribution < -0.4 is 60.2 Å². The number of hydrogen-bond acceptors (Lipinski definition) is 15. The summed E-state index contributed by atoms with van der Waals surface area (Å²) in [6.45, 7) is 2.40. The number of aromatic nitrogens is 1. The lowest BCUT2D eigenvalue weighted by Gasteiger charge is -2.29. The van der Waals surface area contributed by atoms with Crippen LogP contribution in [0.15, 0.2) is 90.1 Å². The zero-order valence-corrected chi connectivity index (χ0v) is 42.8. The number of aliphatic hydroxyl groups is 2. The van der Waals surface area contributed by atoms with Crippen molar-refractivity contribution >= 4 is 85.7 Å². The Labute approximate surface area is 439 Å². The van der Waals surface area contributed by atoms with Gasteiger partial charge in [-0.1, -0.05) is 82.3 Å². The van der Waals surface area contributed by atoms with Crippen molar-refractivity contribution in [2.45, 2.75) is 106 Å². The van der Waals surface area contributed by atoms with E-state index in [1.54, 1.807) is 54.7 Å². The number of amides is 8. The molecule has 1 fully saturated rings. The lowest BCUT2D eigenvalue weighted by molar-refractivity contribution is -0.137. The number of guanidine groups is 1. The molecule has 5 rings (SSSR count). The summed E-state index contributed by atoms with van der Waals surface area (Å²) in [7, 11) is 1.89. The second kappa shape index (κ2) is 28.3.